The van der Waals surface area contributed by atoms with Crippen molar-refractivity contribution in [3.63, 3.8) is 0 Å². The van der Waals surface area contributed by atoms with E-state index < -0.39 is 0 Å². The second-order valence-electron chi connectivity index (χ2n) is 1.99. The van der Waals surface area contributed by atoms with E-state index in [4.69, 9.17) is 35.4 Å². The Bertz CT molecular complexity index is 338. The number of nitrogens with two attached hydrogens (primary N) is 1. The fourth-order valence-electron chi connectivity index (χ4n) is 0.569. The molecule has 1 aromatic rings. The lowest BCUT2D eigenvalue weighted by Gasteiger charge is -2.01. The summed E-state index contributed by atoms with van der Waals surface area (Å²) in [5.41, 5.74) is 5.63. The normalized spacial score (nSPS) is 9.62. The summed E-state index contributed by atoms with van der Waals surface area (Å²) in [4.78, 5) is 7.77. The molecule has 1 heterocycles. The van der Waals surface area contributed by atoms with E-state index >= 15 is 0 Å². The largest absolute Gasteiger partial charge is 0.394 e. The maximum Gasteiger partial charge on any atom is 0.191 e. The second-order valence-corrected chi connectivity index (χ2v) is 3.65. The molecular weight excluding hydrogens is 229 g/mol. The fourth-order valence-corrected chi connectivity index (χ4v) is 1.58. The summed E-state index contributed by atoms with van der Waals surface area (Å²) in [7, 11) is 0. The number of terminal acetylenes is 1. The average Bonchev–Trinajstić information content (AvgIpc) is 2.10. The van der Waals surface area contributed by atoms with Gasteiger partial charge in [0.1, 0.15) is 5.69 Å². The molecule has 1 rings (SSSR count). The van der Waals surface area contributed by atoms with Gasteiger partial charge in [-0.25, -0.2) is 9.97 Å². The van der Waals surface area contributed by atoms with Crippen molar-refractivity contribution in [2.75, 3.05) is 11.5 Å². The molecule has 0 aliphatic rings. The third-order valence-electron chi connectivity index (χ3n) is 1.12. The highest BCUT2D eigenvalue weighted by atomic mass is 35.5. The predicted octanol–water partition coefficient (Wildman–Crippen LogP) is 2.09. The highest BCUT2D eigenvalue weighted by molar-refractivity contribution is 7.99. The van der Waals surface area contributed by atoms with Gasteiger partial charge in [0.05, 0.1) is 5.75 Å². The van der Waals surface area contributed by atoms with E-state index in [1.807, 2.05) is 0 Å². The zero-order valence-electron chi connectivity index (χ0n) is 6.42. The van der Waals surface area contributed by atoms with E-state index in [2.05, 4.69) is 15.9 Å². The van der Waals surface area contributed by atoms with Crippen LogP contribution in [0.15, 0.2) is 5.16 Å². The first kappa shape index (κ1) is 10.5. The SMILES string of the molecule is C#CCSc1nc(Cl)c(N)c(Cl)n1. The summed E-state index contributed by atoms with van der Waals surface area (Å²) in [6.07, 6.45) is 5.07. The number of nitrogen functional groups attached to an aromatic ring is 1. The van der Waals surface area contributed by atoms with Gasteiger partial charge in [-0.2, -0.15) is 0 Å². The van der Waals surface area contributed by atoms with Gasteiger partial charge in [-0.05, 0) is 0 Å². The van der Waals surface area contributed by atoms with E-state index in [0.717, 1.165) is 0 Å². The minimum Gasteiger partial charge on any atom is -0.394 e. The van der Waals surface area contributed by atoms with E-state index in [9.17, 15) is 0 Å². The lowest BCUT2D eigenvalue weighted by atomic mass is 10.6. The number of anilines is 1. The Morgan fingerprint density at radius 2 is 1.92 bits per heavy atom. The van der Waals surface area contributed by atoms with Gasteiger partial charge >= 0.3 is 0 Å². The molecule has 3 nitrogen and oxygen atoms in total. The van der Waals surface area contributed by atoms with Crippen LogP contribution in [0.5, 0.6) is 0 Å². The third-order valence-corrected chi connectivity index (χ3v) is 2.44. The minimum atomic E-state index is 0.152. The highest BCUT2D eigenvalue weighted by Gasteiger charge is 2.07. The number of aromatic nitrogens is 2. The molecule has 68 valence electrons. The van der Waals surface area contributed by atoms with Crippen molar-refractivity contribution in [3.05, 3.63) is 10.3 Å². The topological polar surface area (TPSA) is 51.8 Å². The second kappa shape index (κ2) is 4.56. The number of rotatable bonds is 2. The number of hydrogen-bond acceptors (Lipinski definition) is 4. The van der Waals surface area contributed by atoms with Crippen molar-refractivity contribution in [1.82, 2.24) is 9.97 Å². The predicted molar refractivity (Wildman–Crippen MR) is 56.0 cm³/mol. The molecule has 0 unspecified atom stereocenters. The van der Waals surface area contributed by atoms with Crippen molar-refractivity contribution in [2.24, 2.45) is 0 Å². The summed E-state index contributed by atoms with van der Waals surface area (Å²) in [5, 5.41) is 0.737. The van der Waals surface area contributed by atoms with E-state index in [0.29, 0.717) is 10.9 Å². The maximum atomic E-state index is 5.67. The molecule has 0 saturated carbocycles. The quantitative estimate of drug-likeness (QED) is 0.368. The number of hydrogen-bond donors (Lipinski definition) is 1. The van der Waals surface area contributed by atoms with Crippen LogP contribution in [0.2, 0.25) is 10.3 Å². The average molecular weight is 234 g/mol. The number of thioether (sulfide) groups is 1. The van der Waals surface area contributed by atoms with E-state index in [1.54, 1.807) is 0 Å². The van der Waals surface area contributed by atoms with Gasteiger partial charge in [-0.15, -0.1) is 6.42 Å². The molecule has 1 aromatic heterocycles. The lowest BCUT2D eigenvalue weighted by Crippen LogP contribution is -1.96. The summed E-state index contributed by atoms with van der Waals surface area (Å²) >= 11 is 12.6. The molecular formula is C7H5Cl2N3S. The molecule has 0 aliphatic heterocycles. The standard InChI is InChI=1S/C7H5Cl2N3S/c1-2-3-13-7-11-5(8)4(10)6(9)12-7/h1H,3,10H2. The van der Waals surface area contributed by atoms with Gasteiger partial charge in [0.15, 0.2) is 15.5 Å². The Morgan fingerprint density at radius 3 is 2.38 bits per heavy atom. The van der Waals surface area contributed by atoms with Crippen molar-refractivity contribution in [3.8, 4) is 12.3 Å². The van der Waals surface area contributed by atoms with Gasteiger partial charge in [-0.1, -0.05) is 40.9 Å². The molecule has 0 saturated heterocycles. The van der Waals surface area contributed by atoms with Crippen molar-refractivity contribution in [2.45, 2.75) is 5.16 Å². The summed E-state index contributed by atoms with van der Waals surface area (Å²) in [6.45, 7) is 0. The van der Waals surface area contributed by atoms with Crippen LogP contribution in [-0.4, -0.2) is 15.7 Å². The van der Waals surface area contributed by atoms with Crippen molar-refractivity contribution < 1.29 is 0 Å². The molecule has 0 bridgehead atoms. The lowest BCUT2D eigenvalue weighted by molar-refractivity contribution is 0.974. The molecule has 0 aromatic carbocycles. The Balaban J connectivity index is 2.94. The highest BCUT2D eigenvalue weighted by Crippen LogP contribution is 2.26. The first-order chi connectivity index (χ1) is 6.15. The van der Waals surface area contributed by atoms with Crippen LogP contribution in [-0.2, 0) is 0 Å². The van der Waals surface area contributed by atoms with Gasteiger partial charge < -0.3 is 5.73 Å². The summed E-state index contributed by atoms with van der Waals surface area (Å²) < 4.78 is 0. The molecule has 0 amide bonds. The van der Waals surface area contributed by atoms with E-state index in [-0.39, 0.29) is 16.0 Å². The summed E-state index contributed by atoms with van der Waals surface area (Å²) in [5.74, 6) is 2.90. The Hall–Kier alpha value is -0.630. The monoisotopic (exact) mass is 233 g/mol. The molecule has 2 N–H and O–H groups in total. The Labute approximate surface area is 90.0 Å². The summed E-state index contributed by atoms with van der Waals surface area (Å²) in [6, 6.07) is 0. The molecule has 6 heteroatoms. The zero-order chi connectivity index (χ0) is 9.84. The van der Waals surface area contributed by atoms with Crippen molar-refractivity contribution >= 4 is 40.7 Å². The van der Waals surface area contributed by atoms with Crippen LogP contribution >= 0.6 is 35.0 Å². The van der Waals surface area contributed by atoms with E-state index in [1.165, 1.54) is 11.8 Å². The van der Waals surface area contributed by atoms with Crippen LogP contribution in [0.3, 0.4) is 0 Å². The molecule has 13 heavy (non-hydrogen) atoms. The fraction of sp³-hybridized carbons (Fsp3) is 0.143. The van der Waals surface area contributed by atoms with Gasteiger partial charge in [0.25, 0.3) is 0 Å². The molecule has 0 atom stereocenters. The van der Waals surface area contributed by atoms with Crippen LogP contribution in [0.1, 0.15) is 0 Å². The van der Waals surface area contributed by atoms with Crippen LogP contribution in [0.25, 0.3) is 0 Å². The number of halogens is 2. The van der Waals surface area contributed by atoms with Gasteiger partial charge in [-0.3, -0.25) is 0 Å². The smallest absolute Gasteiger partial charge is 0.191 e. The zero-order valence-corrected chi connectivity index (χ0v) is 8.75. The molecule has 0 spiro atoms. The third kappa shape index (κ3) is 2.66. The molecule has 0 radical (unpaired) electrons. The first-order valence-electron chi connectivity index (χ1n) is 3.20. The molecule has 0 aliphatic carbocycles. The van der Waals surface area contributed by atoms with Crippen molar-refractivity contribution in [1.29, 1.82) is 0 Å². The van der Waals surface area contributed by atoms with Crippen LogP contribution in [0.4, 0.5) is 5.69 Å². The molecule has 0 fully saturated rings. The van der Waals surface area contributed by atoms with Gasteiger partial charge in [0, 0.05) is 0 Å². The van der Waals surface area contributed by atoms with Crippen LogP contribution in [0, 0.1) is 12.3 Å². The number of nitrogens with zero attached hydrogens (tertiary/aromatic N) is 2. The van der Waals surface area contributed by atoms with Crippen LogP contribution < -0.4 is 5.73 Å². The first-order valence-corrected chi connectivity index (χ1v) is 4.94. The van der Waals surface area contributed by atoms with Gasteiger partial charge in [0.2, 0.25) is 0 Å². The maximum absolute atomic E-state index is 5.67. The minimum absolute atomic E-state index is 0.152. The Kier molecular flexibility index (Phi) is 3.67. The Morgan fingerprint density at radius 1 is 1.38 bits per heavy atom.